The van der Waals surface area contributed by atoms with Crippen molar-refractivity contribution in [3.8, 4) is 11.4 Å². The number of hydrogen-bond acceptors (Lipinski definition) is 10. The van der Waals surface area contributed by atoms with E-state index in [0.717, 1.165) is 5.56 Å². The second-order valence-corrected chi connectivity index (χ2v) is 9.03. The van der Waals surface area contributed by atoms with E-state index < -0.39 is 42.7 Å². The van der Waals surface area contributed by atoms with Crippen LogP contribution in [0.1, 0.15) is 24.3 Å². The topological polar surface area (TPSA) is 160 Å². The molecule has 0 radical (unpaired) electrons. The summed E-state index contributed by atoms with van der Waals surface area (Å²) in [5.41, 5.74) is 1.99. The molecule has 3 aromatic rings. The number of aliphatic hydroxyl groups is 3. The van der Waals surface area contributed by atoms with E-state index in [9.17, 15) is 20.1 Å². The highest BCUT2D eigenvalue weighted by Crippen LogP contribution is 2.32. The van der Waals surface area contributed by atoms with Gasteiger partial charge < -0.3 is 40.2 Å². The smallest absolute Gasteiger partial charge is 0.217 e. The summed E-state index contributed by atoms with van der Waals surface area (Å²) in [6.45, 7) is 1.96. The van der Waals surface area contributed by atoms with Crippen LogP contribution in [0.4, 0.5) is 0 Å². The van der Waals surface area contributed by atoms with Crippen LogP contribution in [0.25, 0.3) is 5.69 Å². The fourth-order valence-electron chi connectivity index (χ4n) is 4.17. The maximum Gasteiger partial charge on any atom is 0.217 e. The lowest BCUT2D eigenvalue weighted by atomic mass is 9.95. The Morgan fingerprint density at radius 3 is 2.68 bits per heavy atom. The van der Waals surface area contributed by atoms with Crippen LogP contribution >= 0.6 is 0 Å². The first-order valence-electron chi connectivity index (χ1n) is 12.3. The molecular formula is C26H33N5O7. The van der Waals surface area contributed by atoms with Crippen LogP contribution in [0.15, 0.2) is 60.8 Å². The van der Waals surface area contributed by atoms with E-state index >= 15 is 0 Å². The van der Waals surface area contributed by atoms with Gasteiger partial charge in [0.25, 0.3) is 0 Å². The third-order valence-electron chi connectivity index (χ3n) is 6.10. The van der Waals surface area contributed by atoms with Gasteiger partial charge in [0, 0.05) is 26.1 Å². The number of methoxy groups -OCH3 is 1. The van der Waals surface area contributed by atoms with Crippen molar-refractivity contribution in [1.29, 1.82) is 0 Å². The molecule has 38 heavy (non-hydrogen) atoms. The van der Waals surface area contributed by atoms with Crippen LogP contribution in [-0.2, 0) is 20.8 Å². The zero-order valence-corrected chi connectivity index (χ0v) is 21.2. The number of carbonyl (C=O) groups is 1. The van der Waals surface area contributed by atoms with Gasteiger partial charge in [0.05, 0.1) is 31.7 Å². The SMILES string of the molecule is COc1cccc(-n2cc(C3OC(OCC(O)CNCc4ccccc4)C(NC(C)=O)C(O)C3O)nn2)c1. The minimum absolute atomic E-state index is 0.144. The van der Waals surface area contributed by atoms with E-state index in [1.165, 1.54) is 11.6 Å². The van der Waals surface area contributed by atoms with Crippen LogP contribution < -0.4 is 15.4 Å². The maximum atomic E-state index is 11.8. The molecule has 0 bridgehead atoms. The lowest BCUT2D eigenvalue weighted by Crippen LogP contribution is -2.62. The van der Waals surface area contributed by atoms with Crippen LogP contribution in [-0.4, -0.2) is 87.1 Å². The van der Waals surface area contributed by atoms with Crippen molar-refractivity contribution < 1.29 is 34.3 Å². The van der Waals surface area contributed by atoms with Crippen LogP contribution in [0.5, 0.6) is 5.75 Å². The molecular weight excluding hydrogens is 494 g/mol. The van der Waals surface area contributed by atoms with Crippen molar-refractivity contribution in [2.24, 2.45) is 0 Å². The van der Waals surface area contributed by atoms with Crippen molar-refractivity contribution in [2.75, 3.05) is 20.3 Å². The molecule has 0 aliphatic carbocycles. The summed E-state index contributed by atoms with van der Waals surface area (Å²) in [4.78, 5) is 11.8. The highest BCUT2D eigenvalue weighted by molar-refractivity contribution is 5.73. The number of rotatable bonds is 11. The Kier molecular flexibility index (Phi) is 9.39. The Labute approximate surface area is 220 Å². The van der Waals surface area contributed by atoms with Crippen molar-refractivity contribution >= 4 is 5.91 Å². The molecule has 2 aromatic carbocycles. The number of aliphatic hydroxyl groups excluding tert-OH is 3. The van der Waals surface area contributed by atoms with Gasteiger partial charge in [-0.15, -0.1) is 5.10 Å². The highest BCUT2D eigenvalue weighted by Gasteiger charge is 2.47. The monoisotopic (exact) mass is 527 g/mol. The number of nitrogens with zero attached hydrogens (tertiary/aromatic N) is 3. The molecule has 1 aliphatic rings. The van der Waals surface area contributed by atoms with Gasteiger partial charge in [-0.2, -0.15) is 0 Å². The van der Waals surface area contributed by atoms with Gasteiger partial charge >= 0.3 is 0 Å². The zero-order chi connectivity index (χ0) is 27.1. The summed E-state index contributed by atoms with van der Waals surface area (Å²) in [5.74, 6) is 0.193. The number of benzene rings is 2. The Morgan fingerprint density at radius 1 is 1.16 bits per heavy atom. The first kappa shape index (κ1) is 27.6. The Hall–Kier alpha value is -3.39. The summed E-state index contributed by atoms with van der Waals surface area (Å²) in [6, 6.07) is 15.8. The Morgan fingerprint density at radius 2 is 1.95 bits per heavy atom. The third-order valence-corrected chi connectivity index (χ3v) is 6.10. The molecule has 6 unspecified atom stereocenters. The number of nitrogens with one attached hydrogen (secondary N) is 2. The summed E-state index contributed by atoms with van der Waals surface area (Å²) in [6.07, 6.45) is -4.47. The van der Waals surface area contributed by atoms with Gasteiger partial charge in [0.15, 0.2) is 6.29 Å². The van der Waals surface area contributed by atoms with Crippen molar-refractivity contribution in [1.82, 2.24) is 25.6 Å². The maximum absolute atomic E-state index is 11.8. The number of carbonyl (C=O) groups excluding carboxylic acids is 1. The predicted octanol–water partition coefficient (Wildman–Crippen LogP) is 0.0671. The van der Waals surface area contributed by atoms with Crippen LogP contribution in [0, 0.1) is 0 Å². The molecule has 4 rings (SSSR count). The molecule has 1 aliphatic heterocycles. The zero-order valence-electron chi connectivity index (χ0n) is 21.2. The minimum atomic E-state index is -1.43. The van der Waals surface area contributed by atoms with Gasteiger partial charge in [-0.25, -0.2) is 4.68 Å². The molecule has 1 saturated heterocycles. The van der Waals surface area contributed by atoms with E-state index in [1.54, 1.807) is 37.6 Å². The Balaban J connectivity index is 1.42. The largest absolute Gasteiger partial charge is 0.497 e. The van der Waals surface area contributed by atoms with Crippen LogP contribution in [0.2, 0.25) is 0 Å². The molecule has 6 atom stereocenters. The van der Waals surface area contributed by atoms with Gasteiger partial charge in [0.1, 0.15) is 35.8 Å². The highest BCUT2D eigenvalue weighted by atomic mass is 16.7. The summed E-state index contributed by atoms with van der Waals surface area (Å²) >= 11 is 0. The summed E-state index contributed by atoms with van der Waals surface area (Å²) in [5, 5.41) is 46.0. The van der Waals surface area contributed by atoms with Crippen molar-refractivity contribution in [3.63, 3.8) is 0 Å². The molecule has 1 amide bonds. The number of amides is 1. The summed E-state index contributed by atoms with van der Waals surface area (Å²) in [7, 11) is 1.56. The van der Waals surface area contributed by atoms with E-state index in [2.05, 4.69) is 20.9 Å². The van der Waals surface area contributed by atoms with E-state index in [4.69, 9.17) is 14.2 Å². The van der Waals surface area contributed by atoms with Crippen molar-refractivity contribution in [3.05, 3.63) is 72.1 Å². The van der Waals surface area contributed by atoms with Gasteiger partial charge in [-0.1, -0.05) is 41.6 Å². The lowest BCUT2D eigenvalue weighted by molar-refractivity contribution is -0.272. The standard InChI is InChI=1S/C26H33N5O7/c1-16(32)28-22-23(34)24(35)25(21-14-31(30-29-21)18-9-6-10-20(11-18)36-2)38-26(22)37-15-19(33)13-27-12-17-7-4-3-5-8-17/h3-11,14,19,22-27,33-35H,12-13,15H2,1-2H3,(H,28,32). The quantitative estimate of drug-likeness (QED) is 0.231. The first-order valence-corrected chi connectivity index (χ1v) is 12.3. The minimum Gasteiger partial charge on any atom is -0.497 e. The second-order valence-electron chi connectivity index (χ2n) is 9.03. The molecule has 12 nitrogen and oxygen atoms in total. The predicted molar refractivity (Wildman–Crippen MR) is 135 cm³/mol. The normalized spacial score (nSPS) is 24.1. The third kappa shape index (κ3) is 6.92. The average Bonchev–Trinajstić information content (AvgIpc) is 3.41. The summed E-state index contributed by atoms with van der Waals surface area (Å²) < 4.78 is 18.5. The Bertz CT molecular complexity index is 1180. The fourth-order valence-corrected chi connectivity index (χ4v) is 4.17. The molecule has 204 valence electrons. The van der Waals surface area contributed by atoms with Gasteiger partial charge in [0.2, 0.25) is 5.91 Å². The van der Waals surface area contributed by atoms with Gasteiger partial charge in [-0.3, -0.25) is 4.79 Å². The van der Waals surface area contributed by atoms with Crippen molar-refractivity contribution in [2.45, 2.75) is 50.2 Å². The van der Waals surface area contributed by atoms with Gasteiger partial charge in [-0.05, 0) is 17.7 Å². The lowest BCUT2D eigenvalue weighted by Gasteiger charge is -2.42. The molecule has 2 heterocycles. The average molecular weight is 528 g/mol. The molecule has 1 aromatic heterocycles. The molecule has 5 N–H and O–H groups in total. The molecule has 12 heteroatoms. The number of aromatic nitrogens is 3. The molecule has 0 saturated carbocycles. The fraction of sp³-hybridized carbons (Fsp3) is 0.423. The first-order chi connectivity index (χ1) is 18.4. The van der Waals surface area contributed by atoms with E-state index in [0.29, 0.717) is 18.0 Å². The molecule has 1 fully saturated rings. The number of ether oxygens (including phenoxy) is 3. The van der Waals surface area contributed by atoms with Crippen LogP contribution in [0.3, 0.4) is 0 Å². The second kappa shape index (κ2) is 12.9. The molecule has 0 spiro atoms. The number of hydrogen-bond donors (Lipinski definition) is 5. The van der Waals surface area contributed by atoms with E-state index in [-0.39, 0.29) is 18.8 Å². The van der Waals surface area contributed by atoms with E-state index in [1.807, 2.05) is 30.3 Å².